The van der Waals surface area contributed by atoms with Gasteiger partial charge in [-0.1, -0.05) is 34.1 Å². The van der Waals surface area contributed by atoms with Crippen LogP contribution < -0.4 is 0 Å². The maximum absolute atomic E-state index is 11.8. The van der Waals surface area contributed by atoms with Crippen molar-refractivity contribution in [3.63, 3.8) is 0 Å². The van der Waals surface area contributed by atoms with Gasteiger partial charge in [-0.05, 0) is 38.3 Å². The molecule has 0 fully saturated rings. The number of carboxylic acid groups (broad SMARTS) is 1. The van der Waals surface area contributed by atoms with Gasteiger partial charge in [-0.15, -0.1) is 0 Å². The van der Waals surface area contributed by atoms with Gasteiger partial charge in [0.05, 0.1) is 16.9 Å². The molecule has 0 aliphatic heterocycles. The highest BCUT2D eigenvalue weighted by Gasteiger charge is 2.24. The van der Waals surface area contributed by atoms with Crippen molar-refractivity contribution in [3.8, 4) is 0 Å². The second-order valence-corrected chi connectivity index (χ2v) is 8.57. The highest BCUT2D eigenvalue weighted by molar-refractivity contribution is 9.10. The van der Waals surface area contributed by atoms with Crippen LogP contribution in [0.3, 0.4) is 0 Å². The van der Waals surface area contributed by atoms with E-state index in [0.29, 0.717) is 6.42 Å². The van der Waals surface area contributed by atoms with Crippen LogP contribution in [-0.2, 0) is 21.1 Å². The molecule has 0 saturated carbocycles. The number of benzene rings is 1. The van der Waals surface area contributed by atoms with Crippen molar-refractivity contribution in [1.82, 2.24) is 0 Å². The molecule has 0 heterocycles. The highest BCUT2D eigenvalue weighted by Crippen LogP contribution is 2.22. The van der Waals surface area contributed by atoms with E-state index in [9.17, 15) is 18.3 Å². The third-order valence-electron chi connectivity index (χ3n) is 3.24. The molecule has 0 bridgehead atoms. The minimum Gasteiger partial charge on any atom is -0.481 e. The van der Waals surface area contributed by atoms with E-state index in [1.54, 1.807) is 13.8 Å². The zero-order valence-corrected chi connectivity index (χ0v) is 13.9. The molecule has 1 rings (SSSR count). The number of carbonyl (C=O) groups is 1. The lowest BCUT2D eigenvalue weighted by atomic mass is 9.97. The largest absolute Gasteiger partial charge is 0.481 e. The number of aliphatic carboxylic acids is 1. The first-order valence-electron chi connectivity index (χ1n) is 6.42. The quantitative estimate of drug-likeness (QED) is 0.809. The van der Waals surface area contributed by atoms with Gasteiger partial charge in [0.2, 0.25) is 0 Å². The average Bonchev–Trinajstić information content (AvgIpc) is 2.35. The zero-order chi connectivity index (χ0) is 15.3. The molecule has 0 radical (unpaired) electrons. The molecule has 6 heteroatoms. The summed E-state index contributed by atoms with van der Waals surface area (Å²) < 4.78 is 24.4. The number of carboxylic acids is 1. The SMILES string of the molecule is CC(C)S(=O)(=O)CCC(Cc1ccccc1Br)C(=O)O. The molecule has 0 aliphatic rings. The Hall–Kier alpha value is -0.880. The number of sulfone groups is 1. The normalized spacial score (nSPS) is 13.4. The molecule has 0 spiro atoms. The molecular formula is C14H19BrO4S. The Kier molecular flexibility index (Phi) is 6.20. The zero-order valence-electron chi connectivity index (χ0n) is 11.5. The van der Waals surface area contributed by atoms with Crippen LogP contribution in [0.15, 0.2) is 28.7 Å². The van der Waals surface area contributed by atoms with E-state index in [-0.39, 0.29) is 12.2 Å². The molecule has 0 saturated heterocycles. The fourth-order valence-corrected chi connectivity index (χ4v) is 3.32. The van der Waals surface area contributed by atoms with Crippen molar-refractivity contribution in [2.24, 2.45) is 5.92 Å². The molecule has 1 unspecified atom stereocenters. The van der Waals surface area contributed by atoms with Crippen molar-refractivity contribution in [2.45, 2.75) is 31.9 Å². The van der Waals surface area contributed by atoms with Gasteiger partial charge in [-0.3, -0.25) is 4.79 Å². The highest BCUT2D eigenvalue weighted by atomic mass is 79.9. The van der Waals surface area contributed by atoms with Crippen LogP contribution in [0.5, 0.6) is 0 Å². The molecule has 20 heavy (non-hydrogen) atoms. The van der Waals surface area contributed by atoms with E-state index in [4.69, 9.17) is 0 Å². The number of rotatable bonds is 7. The van der Waals surface area contributed by atoms with Crippen LogP contribution in [0.1, 0.15) is 25.8 Å². The van der Waals surface area contributed by atoms with Crippen LogP contribution in [0, 0.1) is 5.92 Å². The molecule has 1 atom stereocenters. The summed E-state index contributed by atoms with van der Waals surface area (Å²) in [6.45, 7) is 3.22. The summed E-state index contributed by atoms with van der Waals surface area (Å²) in [5.41, 5.74) is 0.877. The molecule has 4 nitrogen and oxygen atoms in total. The second-order valence-electron chi connectivity index (χ2n) is 5.04. The third-order valence-corrected chi connectivity index (χ3v) is 6.26. The topological polar surface area (TPSA) is 71.4 Å². The maximum Gasteiger partial charge on any atom is 0.306 e. The van der Waals surface area contributed by atoms with Crippen molar-refractivity contribution in [1.29, 1.82) is 0 Å². The van der Waals surface area contributed by atoms with E-state index in [0.717, 1.165) is 10.0 Å². The Morgan fingerprint density at radius 2 is 1.90 bits per heavy atom. The lowest BCUT2D eigenvalue weighted by Crippen LogP contribution is -2.24. The molecule has 1 aromatic rings. The summed E-state index contributed by atoms with van der Waals surface area (Å²) in [6, 6.07) is 7.38. The van der Waals surface area contributed by atoms with Gasteiger partial charge in [0.1, 0.15) is 0 Å². The van der Waals surface area contributed by atoms with Gasteiger partial charge in [-0.2, -0.15) is 0 Å². The standard InChI is InChI=1S/C14H19BrO4S/c1-10(2)20(18,19)8-7-12(14(16)17)9-11-5-3-4-6-13(11)15/h3-6,10,12H,7-9H2,1-2H3,(H,16,17). The van der Waals surface area contributed by atoms with Gasteiger partial charge < -0.3 is 5.11 Å². The predicted octanol–water partition coefficient (Wildman–Crippen LogP) is 2.91. The molecule has 112 valence electrons. The van der Waals surface area contributed by atoms with E-state index < -0.39 is 27.0 Å². The monoisotopic (exact) mass is 362 g/mol. The number of halogens is 1. The molecule has 1 aromatic carbocycles. The van der Waals surface area contributed by atoms with Crippen LogP contribution in [0.4, 0.5) is 0 Å². The van der Waals surface area contributed by atoms with E-state index in [2.05, 4.69) is 15.9 Å². The molecule has 1 N–H and O–H groups in total. The Morgan fingerprint density at radius 1 is 1.30 bits per heavy atom. The first-order chi connectivity index (χ1) is 9.24. The molecular weight excluding hydrogens is 344 g/mol. The van der Waals surface area contributed by atoms with Crippen molar-refractivity contribution in [2.75, 3.05) is 5.75 Å². The molecule has 0 aliphatic carbocycles. The van der Waals surface area contributed by atoms with Gasteiger partial charge in [0, 0.05) is 4.47 Å². The smallest absolute Gasteiger partial charge is 0.306 e. The minimum atomic E-state index is -3.20. The minimum absolute atomic E-state index is 0.0912. The molecule has 0 amide bonds. The summed E-state index contributed by atoms with van der Waals surface area (Å²) in [5.74, 6) is -1.74. The Morgan fingerprint density at radius 3 is 2.40 bits per heavy atom. The summed E-state index contributed by atoms with van der Waals surface area (Å²) in [5, 5.41) is 8.78. The summed E-state index contributed by atoms with van der Waals surface area (Å²) >= 11 is 3.38. The summed E-state index contributed by atoms with van der Waals surface area (Å²) in [6.07, 6.45) is 0.460. The van der Waals surface area contributed by atoms with Gasteiger partial charge in [-0.25, -0.2) is 8.42 Å². The van der Waals surface area contributed by atoms with Crippen molar-refractivity contribution < 1.29 is 18.3 Å². The van der Waals surface area contributed by atoms with Gasteiger partial charge >= 0.3 is 5.97 Å². The first-order valence-corrected chi connectivity index (χ1v) is 8.92. The predicted molar refractivity (Wildman–Crippen MR) is 82.5 cm³/mol. The Labute approximate surface area is 128 Å². The van der Waals surface area contributed by atoms with E-state index in [1.807, 2.05) is 24.3 Å². The lowest BCUT2D eigenvalue weighted by molar-refractivity contribution is -0.141. The Balaban J connectivity index is 2.77. The Bertz CT molecular complexity index is 566. The fourth-order valence-electron chi connectivity index (χ4n) is 1.78. The molecule has 0 aromatic heterocycles. The van der Waals surface area contributed by atoms with Crippen LogP contribution in [-0.4, -0.2) is 30.5 Å². The summed E-state index contributed by atoms with van der Waals surface area (Å²) in [4.78, 5) is 11.3. The summed E-state index contributed by atoms with van der Waals surface area (Å²) in [7, 11) is -3.20. The van der Waals surface area contributed by atoms with Gasteiger partial charge in [0.25, 0.3) is 0 Å². The number of hydrogen-bond donors (Lipinski definition) is 1. The maximum atomic E-state index is 11.8. The van der Waals surface area contributed by atoms with Crippen LogP contribution in [0.25, 0.3) is 0 Å². The third kappa shape index (κ3) is 4.90. The van der Waals surface area contributed by atoms with Gasteiger partial charge in [0.15, 0.2) is 9.84 Å². The van der Waals surface area contributed by atoms with Crippen molar-refractivity contribution >= 4 is 31.7 Å². The first kappa shape index (κ1) is 17.2. The second kappa shape index (κ2) is 7.22. The van der Waals surface area contributed by atoms with E-state index in [1.165, 1.54) is 0 Å². The van der Waals surface area contributed by atoms with E-state index >= 15 is 0 Å². The lowest BCUT2D eigenvalue weighted by Gasteiger charge is -2.14. The fraction of sp³-hybridized carbons (Fsp3) is 0.500. The van der Waals surface area contributed by atoms with Crippen molar-refractivity contribution in [3.05, 3.63) is 34.3 Å². The van der Waals surface area contributed by atoms with Crippen LogP contribution >= 0.6 is 15.9 Å². The number of hydrogen-bond acceptors (Lipinski definition) is 3. The van der Waals surface area contributed by atoms with Crippen LogP contribution in [0.2, 0.25) is 0 Å². The average molecular weight is 363 g/mol.